The molecule has 0 aliphatic heterocycles. The van der Waals surface area contributed by atoms with Gasteiger partial charge >= 0.3 is 0 Å². The van der Waals surface area contributed by atoms with Crippen molar-refractivity contribution in [3.63, 3.8) is 0 Å². The van der Waals surface area contributed by atoms with E-state index in [4.69, 9.17) is 4.74 Å². The molecular weight excluding hydrogens is 238 g/mol. The van der Waals surface area contributed by atoms with Crippen LogP contribution >= 0.6 is 0 Å². The van der Waals surface area contributed by atoms with Crippen molar-refractivity contribution in [2.24, 2.45) is 0 Å². The molecule has 0 fully saturated rings. The third-order valence-corrected chi connectivity index (χ3v) is 5.15. The van der Waals surface area contributed by atoms with Crippen molar-refractivity contribution in [2.75, 3.05) is 7.11 Å². The molecule has 0 aliphatic carbocycles. The predicted molar refractivity (Wildman–Crippen MR) is 67.9 cm³/mol. The molecule has 1 aromatic rings. The topological polar surface area (TPSA) is 56.3 Å². The molecule has 4 nitrogen and oxygen atoms in total. The molecule has 0 saturated heterocycles. The van der Waals surface area contributed by atoms with Crippen molar-refractivity contribution in [3.05, 3.63) is 23.4 Å². The van der Waals surface area contributed by atoms with Gasteiger partial charge in [0.2, 0.25) is 5.88 Å². The van der Waals surface area contributed by atoms with Gasteiger partial charge in [0.1, 0.15) is 0 Å². The van der Waals surface area contributed by atoms with Crippen LogP contribution in [0.2, 0.25) is 0 Å². The number of nitrogens with zero attached hydrogens (tertiary/aromatic N) is 1. The van der Waals surface area contributed by atoms with Crippen LogP contribution in [0.25, 0.3) is 0 Å². The molecule has 0 amide bonds. The normalized spacial score (nSPS) is 12.5. The Morgan fingerprint density at radius 2 is 1.94 bits per heavy atom. The lowest BCUT2D eigenvalue weighted by Crippen LogP contribution is -2.29. The van der Waals surface area contributed by atoms with Crippen molar-refractivity contribution in [3.8, 4) is 5.88 Å². The summed E-state index contributed by atoms with van der Waals surface area (Å²) in [7, 11) is -1.63. The largest absolute Gasteiger partial charge is 0.481 e. The van der Waals surface area contributed by atoms with Gasteiger partial charge in [-0.15, -0.1) is 0 Å². The molecule has 0 aliphatic rings. The number of aryl methyl sites for hydroxylation is 1. The summed E-state index contributed by atoms with van der Waals surface area (Å²) in [6.07, 6.45) is 1.55. The Labute approximate surface area is 103 Å². The van der Waals surface area contributed by atoms with E-state index in [9.17, 15) is 8.42 Å². The standard InChI is InChI=1S/C12H19NO3S/c1-9-6-10(7-13-11(9)16-5)8-17(14,15)12(2,3)4/h6-7H,8H2,1-5H3. The molecule has 17 heavy (non-hydrogen) atoms. The van der Waals surface area contributed by atoms with Crippen molar-refractivity contribution in [1.82, 2.24) is 4.98 Å². The second-order valence-electron chi connectivity index (χ2n) is 5.04. The van der Waals surface area contributed by atoms with Gasteiger partial charge in [-0.2, -0.15) is 0 Å². The maximum absolute atomic E-state index is 12.0. The van der Waals surface area contributed by atoms with Gasteiger partial charge < -0.3 is 4.74 Å². The van der Waals surface area contributed by atoms with Gasteiger partial charge in [0, 0.05) is 11.8 Å². The molecule has 0 saturated carbocycles. The summed E-state index contributed by atoms with van der Waals surface area (Å²) in [6, 6.07) is 1.80. The van der Waals surface area contributed by atoms with Crippen molar-refractivity contribution < 1.29 is 13.2 Å². The van der Waals surface area contributed by atoms with E-state index in [2.05, 4.69) is 4.98 Å². The lowest BCUT2D eigenvalue weighted by Gasteiger charge is -2.19. The lowest BCUT2D eigenvalue weighted by molar-refractivity contribution is 0.394. The van der Waals surface area contributed by atoms with Gasteiger partial charge in [-0.1, -0.05) is 0 Å². The van der Waals surface area contributed by atoms with Crippen LogP contribution in [0.15, 0.2) is 12.3 Å². The molecule has 5 heteroatoms. The fourth-order valence-electron chi connectivity index (χ4n) is 1.35. The average Bonchev–Trinajstić information content (AvgIpc) is 2.15. The molecule has 0 bridgehead atoms. The third-order valence-electron chi connectivity index (χ3n) is 2.57. The fourth-order valence-corrected chi connectivity index (χ4v) is 2.38. The van der Waals surface area contributed by atoms with Crippen LogP contribution in [0.1, 0.15) is 31.9 Å². The van der Waals surface area contributed by atoms with Crippen LogP contribution in [0.5, 0.6) is 5.88 Å². The second-order valence-corrected chi connectivity index (χ2v) is 7.78. The van der Waals surface area contributed by atoms with E-state index in [1.807, 2.05) is 6.92 Å². The van der Waals surface area contributed by atoms with Crippen LogP contribution in [0, 0.1) is 6.92 Å². The van der Waals surface area contributed by atoms with Crippen molar-refractivity contribution in [1.29, 1.82) is 0 Å². The highest BCUT2D eigenvalue weighted by Crippen LogP contribution is 2.22. The van der Waals surface area contributed by atoms with Crippen LogP contribution in [-0.2, 0) is 15.6 Å². The first-order valence-corrected chi connectivity index (χ1v) is 7.04. The molecule has 1 rings (SSSR count). The number of ether oxygens (including phenoxy) is 1. The Morgan fingerprint density at radius 1 is 1.35 bits per heavy atom. The van der Waals surface area contributed by atoms with E-state index in [-0.39, 0.29) is 5.75 Å². The highest BCUT2D eigenvalue weighted by Gasteiger charge is 2.29. The molecule has 1 heterocycles. The van der Waals surface area contributed by atoms with Crippen molar-refractivity contribution >= 4 is 9.84 Å². The number of rotatable bonds is 3. The van der Waals surface area contributed by atoms with E-state index in [1.54, 1.807) is 40.1 Å². The molecule has 0 aromatic carbocycles. The molecule has 0 spiro atoms. The summed E-state index contributed by atoms with van der Waals surface area (Å²) < 4.78 is 28.3. The van der Waals surface area contributed by atoms with E-state index >= 15 is 0 Å². The minimum Gasteiger partial charge on any atom is -0.481 e. The molecule has 0 N–H and O–H groups in total. The minimum absolute atomic E-state index is 0.00827. The Hall–Kier alpha value is -1.10. The molecule has 1 aromatic heterocycles. The number of hydrogen-bond donors (Lipinski definition) is 0. The molecule has 96 valence electrons. The minimum atomic E-state index is -3.17. The lowest BCUT2D eigenvalue weighted by atomic mass is 10.2. The number of pyridine rings is 1. The van der Waals surface area contributed by atoms with Crippen LogP contribution in [0.3, 0.4) is 0 Å². The Morgan fingerprint density at radius 3 is 2.35 bits per heavy atom. The fraction of sp³-hybridized carbons (Fsp3) is 0.583. The first-order valence-electron chi connectivity index (χ1n) is 5.39. The van der Waals surface area contributed by atoms with E-state index in [0.29, 0.717) is 11.4 Å². The van der Waals surface area contributed by atoms with Gasteiger partial charge in [0.15, 0.2) is 9.84 Å². The van der Waals surface area contributed by atoms with Gasteiger partial charge in [-0.25, -0.2) is 13.4 Å². The number of hydrogen-bond acceptors (Lipinski definition) is 4. The molecule has 0 radical (unpaired) electrons. The average molecular weight is 257 g/mol. The predicted octanol–water partition coefficient (Wildman–Crippen LogP) is 2.11. The molecule has 0 atom stereocenters. The summed E-state index contributed by atoms with van der Waals surface area (Å²) in [5.74, 6) is 0.538. The van der Waals surface area contributed by atoms with Gasteiger partial charge in [0.25, 0.3) is 0 Å². The molecule has 0 unspecified atom stereocenters. The first-order chi connectivity index (χ1) is 7.67. The maximum atomic E-state index is 12.0. The van der Waals surface area contributed by atoms with Gasteiger partial charge in [-0.3, -0.25) is 0 Å². The van der Waals surface area contributed by atoms with Crippen LogP contribution in [0.4, 0.5) is 0 Å². The smallest absolute Gasteiger partial charge is 0.215 e. The van der Waals surface area contributed by atoms with Crippen LogP contribution in [-0.4, -0.2) is 25.3 Å². The summed E-state index contributed by atoms with van der Waals surface area (Å²) in [6.45, 7) is 6.95. The van der Waals surface area contributed by atoms with Crippen molar-refractivity contribution in [2.45, 2.75) is 38.2 Å². The Balaban J connectivity index is 3.02. The van der Waals surface area contributed by atoms with E-state index in [0.717, 1.165) is 5.56 Å². The van der Waals surface area contributed by atoms with Gasteiger partial charge in [-0.05, 0) is 39.3 Å². The Bertz CT molecular complexity index is 501. The second kappa shape index (κ2) is 4.64. The third kappa shape index (κ3) is 3.19. The zero-order valence-electron chi connectivity index (χ0n) is 10.9. The number of aromatic nitrogens is 1. The maximum Gasteiger partial charge on any atom is 0.215 e. The van der Waals surface area contributed by atoms with E-state index < -0.39 is 14.6 Å². The monoisotopic (exact) mass is 257 g/mol. The first kappa shape index (κ1) is 14.0. The zero-order valence-corrected chi connectivity index (χ0v) is 11.8. The van der Waals surface area contributed by atoms with E-state index in [1.165, 1.54) is 0 Å². The summed E-state index contributed by atoms with van der Waals surface area (Å²) in [5.41, 5.74) is 1.53. The number of methoxy groups -OCH3 is 1. The van der Waals surface area contributed by atoms with Crippen LogP contribution < -0.4 is 4.74 Å². The quantitative estimate of drug-likeness (QED) is 0.832. The SMILES string of the molecule is COc1ncc(CS(=O)(=O)C(C)(C)C)cc1C. The molecular formula is C12H19NO3S. The highest BCUT2D eigenvalue weighted by molar-refractivity contribution is 7.91. The summed E-state index contributed by atoms with van der Waals surface area (Å²) in [4.78, 5) is 4.08. The zero-order chi connectivity index (χ0) is 13.3. The Kier molecular flexibility index (Phi) is 3.81. The summed E-state index contributed by atoms with van der Waals surface area (Å²) >= 11 is 0. The number of sulfone groups is 1. The van der Waals surface area contributed by atoms with Gasteiger partial charge in [0.05, 0.1) is 17.6 Å². The summed E-state index contributed by atoms with van der Waals surface area (Å²) in [5, 5.41) is 0. The highest BCUT2D eigenvalue weighted by atomic mass is 32.2.